The van der Waals surface area contributed by atoms with E-state index in [0.717, 1.165) is 28.1 Å². The maximum Gasteiger partial charge on any atom is 0.0587 e. The summed E-state index contributed by atoms with van der Waals surface area (Å²) < 4.78 is 0.918. The Bertz CT molecular complexity index is 394. The summed E-state index contributed by atoms with van der Waals surface area (Å²) in [7, 11) is 0. The Kier molecular flexibility index (Phi) is 5.45. The molecule has 3 nitrogen and oxygen atoms in total. The van der Waals surface area contributed by atoms with Crippen molar-refractivity contribution in [2.75, 3.05) is 19.6 Å². The molecule has 3 N–H and O–H groups in total. The fourth-order valence-corrected chi connectivity index (χ4v) is 2.67. The van der Waals surface area contributed by atoms with E-state index in [0.29, 0.717) is 6.54 Å². The number of hydrazine groups is 1. The summed E-state index contributed by atoms with van der Waals surface area (Å²) in [6.45, 7) is 2.76. The smallest absolute Gasteiger partial charge is 0.0587 e. The number of halogens is 2. The molecule has 1 aromatic rings. The molecule has 5 heteroatoms. The molecule has 1 aliphatic heterocycles. The van der Waals surface area contributed by atoms with Gasteiger partial charge in [0.15, 0.2) is 0 Å². The highest BCUT2D eigenvalue weighted by Gasteiger charge is 2.16. The third-order valence-corrected chi connectivity index (χ3v) is 4.51. The summed E-state index contributed by atoms with van der Waals surface area (Å²) in [6, 6.07) is 6.14. The largest absolute Gasteiger partial charge is 0.329 e. The normalized spacial score (nSPS) is 18.8. The van der Waals surface area contributed by atoms with E-state index >= 15 is 0 Å². The summed E-state index contributed by atoms with van der Waals surface area (Å²) in [5, 5.41) is 3.00. The van der Waals surface area contributed by atoms with Gasteiger partial charge in [-0.05, 0) is 46.5 Å². The van der Waals surface area contributed by atoms with Gasteiger partial charge in [-0.1, -0.05) is 24.1 Å². The first-order chi connectivity index (χ1) is 8.70. The zero-order chi connectivity index (χ0) is 13.0. The Morgan fingerprint density at radius 1 is 1.33 bits per heavy atom. The highest BCUT2D eigenvalue weighted by molar-refractivity contribution is 9.10. The van der Waals surface area contributed by atoms with Gasteiger partial charge >= 0.3 is 0 Å². The van der Waals surface area contributed by atoms with Gasteiger partial charge in [0.2, 0.25) is 0 Å². The molecule has 1 atom stereocenters. The van der Waals surface area contributed by atoms with Gasteiger partial charge in [0.05, 0.1) is 11.1 Å². The molecular formula is C13H19BrClN3. The molecule has 1 aliphatic rings. The number of nitrogens with one attached hydrogen (secondary N) is 1. The van der Waals surface area contributed by atoms with Crippen molar-refractivity contribution in [2.24, 2.45) is 5.73 Å². The zero-order valence-electron chi connectivity index (χ0n) is 10.3. The van der Waals surface area contributed by atoms with Crippen LogP contribution in [-0.4, -0.2) is 24.6 Å². The molecule has 18 heavy (non-hydrogen) atoms. The van der Waals surface area contributed by atoms with E-state index in [9.17, 15) is 0 Å². The third-order valence-electron chi connectivity index (χ3n) is 3.28. The fourth-order valence-electron chi connectivity index (χ4n) is 2.24. The number of piperidine rings is 1. The molecular weight excluding hydrogens is 314 g/mol. The molecule has 0 spiro atoms. The zero-order valence-corrected chi connectivity index (χ0v) is 12.7. The van der Waals surface area contributed by atoms with Crippen molar-refractivity contribution in [3.63, 3.8) is 0 Å². The van der Waals surface area contributed by atoms with Crippen LogP contribution in [0.3, 0.4) is 0 Å². The molecule has 1 heterocycles. The summed E-state index contributed by atoms with van der Waals surface area (Å²) in [6.07, 6.45) is 3.84. The Morgan fingerprint density at radius 2 is 2.06 bits per heavy atom. The van der Waals surface area contributed by atoms with Crippen LogP contribution in [0.1, 0.15) is 30.9 Å². The Labute approximate surface area is 122 Å². The predicted molar refractivity (Wildman–Crippen MR) is 79.5 cm³/mol. The topological polar surface area (TPSA) is 41.3 Å². The van der Waals surface area contributed by atoms with Crippen LogP contribution in [0.5, 0.6) is 0 Å². The van der Waals surface area contributed by atoms with Crippen molar-refractivity contribution in [2.45, 2.75) is 25.3 Å². The van der Waals surface area contributed by atoms with Crippen LogP contribution in [0, 0.1) is 0 Å². The fraction of sp³-hybridized carbons (Fsp3) is 0.538. The van der Waals surface area contributed by atoms with E-state index in [-0.39, 0.29) is 6.04 Å². The average Bonchev–Trinajstić information content (AvgIpc) is 2.40. The second-order valence-electron chi connectivity index (χ2n) is 4.64. The third kappa shape index (κ3) is 3.68. The van der Waals surface area contributed by atoms with Gasteiger partial charge < -0.3 is 5.73 Å². The van der Waals surface area contributed by atoms with Gasteiger partial charge in [-0.2, -0.15) is 0 Å². The minimum Gasteiger partial charge on any atom is -0.329 e. The molecule has 0 amide bonds. The van der Waals surface area contributed by atoms with Crippen LogP contribution in [-0.2, 0) is 0 Å². The van der Waals surface area contributed by atoms with E-state index in [4.69, 9.17) is 17.3 Å². The van der Waals surface area contributed by atoms with E-state index in [1.165, 1.54) is 19.3 Å². The van der Waals surface area contributed by atoms with Crippen LogP contribution >= 0.6 is 27.5 Å². The van der Waals surface area contributed by atoms with Crippen LogP contribution in [0.4, 0.5) is 0 Å². The van der Waals surface area contributed by atoms with Gasteiger partial charge in [-0.25, -0.2) is 10.4 Å². The summed E-state index contributed by atoms with van der Waals surface area (Å²) in [5.74, 6) is 0. The number of hydrogen-bond donors (Lipinski definition) is 2. The van der Waals surface area contributed by atoms with Gasteiger partial charge in [0, 0.05) is 24.1 Å². The average molecular weight is 333 g/mol. The van der Waals surface area contributed by atoms with E-state index in [1.54, 1.807) is 0 Å². The molecule has 0 saturated carbocycles. The highest BCUT2D eigenvalue weighted by Crippen LogP contribution is 2.26. The Hall–Kier alpha value is -0.130. The van der Waals surface area contributed by atoms with Crippen LogP contribution in [0.25, 0.3) is 0 Å². The van der Waals surface area contributed by atoms with Gasteiger partial charge in [0.25, 0.3) is 0 Å². The highest BCUT2D eigenvalue weighted by atomic mass is 79.9. The lowest BCUT2D eigenvalue weighted by Gasteiger charge is -2.31. The van der Waals surface area contributed by atoms with Gasteiger partial charge in [-0.3, -0.25) is 0 Å². The first-order valence-corrected chi connectivity index (χ1v) is 7.54. The van der Waals surface area contributed by atoms with E-state index < -0.39 is 0 Å². The quantitative estimate of drug-likeness (QED) is 0.890. The lowest BCUT2D eigenvalue weighted by Crippen LogP contribution is -2.45. The first-order valence-electron chi connectivity index (χ1n) is 6.37. The number of rotatable bonds is 4. The standard InChI is InChI=1S/C13H19BrClN3/c14-11-5-4-10(8-12(11)15)13(9-16)17-18-6-2-1-3-7-18/h4-5,8,13,17H,1-3,6-7,9,16H2. The van der Waals surface area contributed by atoms with E-state index in [1.807, 2.05) is 12.1 Å². The van der Waals surface area contributed by atoms with Crippen molar-refractivity contribution >= 4 is 27.5 Å². The monoisotopic (exact) mass is 331 g/mol. The van der Waals surface area contributed by atoms with Gasteiger partial charge in [-0.15, -0.1) is 0 Å². The van der Waals surface area contributed by atoms with Crippen LogP contribution < -0.4 is 11.2 Å². The summed E-state index contributed by atoms with van der Waals surface area (Å²) in [4.78, 5) is 0. The minimum atomic E-state index is 0.133. The van der Waals surface area contributed by atoms with Crippen molar-refractivity contribution < 1.29 is 0 Å². The SMILES string of the molecule is NCC(NN1CCCCC1)c1ccc(Br)c(Cl)c1. The predicted octanol–water partition coefficient (Wildman–Crippen LogP) is 3.09. The number of hydrogen-bond acceptors (Lipinski definition) is 3. The number of nitrogens with two attached hydrogens (primary N) is 1. The Balaban J connectivity index is 2.04. The second kappa shape index (κ2) is 6.87. The maximum atomic E-state index is 6.13. The first kappa shape index (κ1) is 14.3. The molecule has 0 aromatic heterocycles. The number of benzene rings is 1. The van der Waals surface area contributed by atoms with Crippen LogP contribution in [0.15, 0.2) is 22.7 Å². The molecule has 100 valence electrons. The summed E-state index contributed by atoms with van der Waals surface area (Å²) >= 11 is 9.53. The molecule has 0 aliphatic carbocycles. The lowest BCUT2D eigenvalue weighted by atomic mass is 10.1. The molecule has 2 rings (SSSR count). The van der Waals surface area contributed by atoms with Gasteiger partial charge in [0.1, 0.15) is 0 Å². The summed E-state index contributed by atoms with van der Waals surface area (Å²) in [5.41, 5.74) is 10.5. The molecule has 0 bridgehead atoms. The molecule has 1 saturated heterocycles. The second-order valence-corrected chi connectivity index (χ2v) is 5.90. The van der Waals surface area contributed by atoms with Crippen LogP contribution in [0.2, 0.25) is 5.02 Å². The van der Waals surface area contributed by atoms with Crippen molar-refractivity contribution in [3.8, 4) is 0 Å². The molecule has 0 radical (unpaired) electrons. The minimum absolute atomic E-state index is 0.133. The molecule has 1 aromatic carbocycles. The van der Waals surface area contributed by atoms with E-state index in [2.05, 4.69) is 32.4 Å². The lowest BCUT2D eigenvalue weighted by molar-refractivity contribution is 0.130. The molecule has 1 unspecified atom stereocenters. The number of nitrogens with zero attached hydrogens (tertiary/aromatic N) is 1. The van der Waals surface area contributed by atoms with Crippen molar-refractivity contribution in [1.29, 1.82) is 0 Å². The maximum absolute atomic E-state index is 6.13. The Morgan fingerprint density at radius 3 is 2.67 bits per heavy atom. The molecule has 1 fully saturated rings. The van der Waals surface area contributed by atoms with Crippen molar-refractivity contribution in [3.05, 3.63) is 33.3 Å². The van der Waals surface area contributed by atoms with Crippen molar-refractivity contribution in [1.82, 2.24) is 10.4 Å².